The lowest BCUT2D eigenvalue weighted by Gasteiger charge is -2.30. The molecule has 2 saturated heterocycles. The van der Waals surface area contributed by atoms with Gasteiger partial charge < -0.3 is 36.6 Å². The summed E-state index contributed by atoms with van der Waals surface area (Å²) >= 11 is 1.51. The molecule has 14 heteroatoms. The SMILES string of the molecule is CC[C@@H]1NC(=O)[C@@H](NC(=O)CCSC)CCCCNC(=O)[C@@H]2CCCN2C(=O)[C@@H](Cc2ccccc2)NC(=O)[C@H]([C@@H](C)O)NC1=O. The number of thioether (sulfide) groups is 1. The molecule has 0 aromatic heterocycles. The second kappa shape index (κ2) is 18.5. The summed E-state index contributed by atoms with van der Waals surface area (Å²) in [7, 11) is 0. The van der Waals surface area contributed by atoms with Crippen molar-refractivity contribution in [2.75, 3.05) is 25.1 Å². The quantitative estimate of drug-likeness (QED) is 0.225. The van der Waals surface area contributed by atoms with Gasteiger partial charge in [0.1, 0.15) is 30.2 Å². The highest BCUT2D eigenvalue weighted by molar-refractivity contribution is 7.98. The molecule has 13 nitrogen and oxygen atoms in total. The Balaban J connectivity index is 1.91. The molecule has 0 saturated carbocycles. The zero-order chi connectivity index (χ0) is 33.6. The Kier molecular flexibility index (Phi) is 14.8. The molecule has 46 heavy (non-hydrogen) atoms. The Hall–Kier alpha value is -3.65. The minimum Gasteiger partial charge on any atom is -0.391 e. The molecule has 2 aliphatic heterocycles. The zero-order valence-electron chi connectivity index (χ0n) is 26.9. The van der Waals surface area contributed by atoms with Crippen molar-refractivity contribution in [3.63, 3.8) is 0 Å². The van der Waals surface area contributed by atoms with Crippen LogP contribution in [0.15, 0.2) is 30.3 Å². The fraction of sp³-hybridized carbons (Fsp3) is 0.625. The van der Waals surface area contributed by atoms with E-state index in [1.165, 1.54) is 23.6 Å². The van der Waals surface area contributed by atoms with Crippen LogP contribution in [0.3, 0.4) is 0 Å². The molecule has 0 aliphatic carbocycles. The average molecular weight is 661 g/mol. The van der Waals surface area contributed by atoms with Crippen molar-refractivity contribution >= 4 is 47.2 Å². The van der Waals surface area contributed by atoms with Gasteiger partial charge in [0.15, 0.2) is 0 Å². The van der Waals surface area contributed by atoms with Crippen LogP contribution in [0.2, 0.25) is 0 Å². The van der Waals surface area contributed by atoms with E-state index in [2.05, 4.69) is 26.6 Å². The van der Waals surface area contributed by atoms with Crippen LogP contribution in [0.1, 0.15) is 64.4 Å². The predicted molar refractivity (Wildman–Crippen MR) is 174 cm³/mol. The second-order valence-corrected chi connectivity index (χ2v) is 12.8. The summed E-state index contributed by atoms with van der Waals surface area (Å²) in [5, 5.41) is 24.2. The molecule has 0 spiro atoms. The van der Waals surface area contributed by atoms with Gasteiger partial charge >= 0.3 is 0 Å². The van der Waals surface area contributed by atoms with Crippen molar-refractivity contribution in [1.82, 2.24) is 31.5 Å². The van der Waals surface area contributed by atoms with Crippen LogP contribution in [0, 0.1) is 0 Å². The first-order valence-electron chi connectivity index (χ1n) is 16.0. The largest absolute Gasteiger partial charge is 0.391 e. The van der Waals surface area contributed by atoms with E-state index in [1.807, 2.05) is 36.6 Å². The number of aliphatic hydroxyl groups is 1. The first kappa shape index (κ1) is 36.8. The maximum atomic E-state index is 13.9. The standard InChI is InChI=1S/C32H48N6O7S/c1-4-22-28(41)37-27(20(2)39)31(44)36-24(19-21-11-6-5-7-12-21)32(45)38-17-10-14-25(38)30(43)33-16-9-8-13-23(29(42)35-22)34-26(40)15-18-46-3/h5-7,11-12,20,22-25,27,39H,4,8-10,13-19H2,1-3H3,(H,33,43)(H,34,40)(H,35,42)(H,36,44)(H,37,41)/t20-,22+,23+,24-,25+,27+/m1/s1. The summed E-state index contributed by atoms with van der Waals surface area (Å²) in [5.74, 6) is -2.45. The van der Waals surface area contributed by atoms with E-state index in [0.717, 1.165) is 5.56 Å². The van der Waals surface area contributed by atoms with E-state index in [9.17, 15) is 33.9 Å². The molecule has 0 bridgehead atoms. The summed E-state index contributed by atoms with van der Waals surface area (Å²) in [6, 6.07) is 3.92. The molecule has 1 aromatic carbocycles. The third kappa shape index (κ3) is 10.7. The third-order valence-corrected chi connectivity index (χ3v) is 8.86. The Morgan fingerprint density at radius 2 is 1.67 bits per heavy atom. The lowest BCUT2D eigenvalue weighted by atomic mass is 10.0. The van der Waals surface area contributed by atoms with Crippen LogP contribution in [0.25, 0.3) is 0 Å². The van der Waals surface area contributed by atoms with Crippen molar-refractivity contribution in [2.24, 2.45) is 0 Å². The minimum atomic E-state index is -1.44. The number of carbonyl (C=O) groups excluding carboxylic acids is 6. The van der Waals surface area contributed by atoms with Crippen LogP contribution >= 0.6 is 11.8 Å². The first-order valence-corrected chi connectivity index (χ1v) is 17.4. The molecule has 6 N–H and O–H groups in total. The fourth-order valence-corrected chi connectivity index (χ4v) is 6.02. The Bertz CT molecular complexity index is 1220. The summed E-state index contributed by atoms with van der Waals surface area (Å²) in [6.45, 7) is 3.69. The van der Waals surface area contributed by atoms with Gasteiger partial charge in [0.05, 0.1) is 6.10 Å². The van der Waals surface area contributed by atoms with Gasteiger partial charge in [0, 0.05) is 31.7 Å². The van der Waals surface area contributed by atoms with Crippen molar-refractivity contribution in [3.05, 3.63) is 35.9 Å². The molecule has 6 amide bonds. The smallest absolute Gasteiger partial charge is 0.246 e. The Labute approximate surface area is 274 Å². The number of nitrogens with zero attached hydrogens (tertiary/aromatic N) is 1. The molecule has 2 aliphatic rings. The molecule has 0 unspecified atom stereocenters. The van der Waals surface area contributed by atoms with Crippen LogP contribution in [-0.2, 0) is 35.2 Å². The average Bonchev–Trinajstić information content (AvgIpc) is 3.53. The van der Waals surface area contributed by atoms with Crippen LogP contribution in [-0.4, -0.2) is 107 Å². The molecule has 2 heterocycles. The number of aliphatic hydroxyl groups excluding tert-OH is 1. The number of rotatable bonds is 8. The number of hydrogen-bond donors (Lipinski definition) is 6. The van der Waals surface area contributed by atoms with Gasteiger partial charge in [-0.25, -0.2) is 0 Å². The maximum absolute atomic E-state index is 13.9. The van der Waals surface area contributed by atoms with Crippen LogP contribution in [0.4, 0.5) is 0 Å². The van der Waals surface area contributed by atoms with E-state index >= 15 is 0 Å². The summed E-state index contributed by atoms with van der Waals surface area (Å²) < 4.78 is 0. The monoisotopic (exact) mass is 660 g/mol. The number of amides is 6. The number of fused-ring (bicyclic) bond motifs is 1. The lowest BCUT2D eigenvalue weighted by molar-refractivity contribution is -0.142. The number of nitrogens with one attached hydrogen (secondary N) is 5. The summed E-state index contributed by atoms with van der Waals surface area (Å²) in [5.41, 5.74) is 0.779. The molecule has 0 radical (unpaired) electrons. The predicted octanol–water partition coefficient (Wildman–Crippen LogP) is 0.00330. The summed E-state index contributed by atoms with van der Waals surface area (Å²) in [4.78, 5) is 81.4. The fourth-order valence-electron chi connectivity index (χ4n) is 5.63. The number of benzene rings is 1. The van der Waals surface area contributed by atoms with Crippen LogP contribution in [0.5, 0.6) is 0 Å². The molecule has 254 valence electrons. The molecule has 6 atom stereocenters. The highest BCUT2D eigenvalue weighted by atomic mass is 32.2. The topological polar surface area (TPSA) is 186 Å². The zero-order valence-corrected chi connectivity index (χ0v) is 27.7. The molecule has 2 fully saturated rings. The van der Waals surface area contributed by atoms with Gasteiger partial charge in [-0.15, -0.1) is 0 Å². The lowest BCUT2D eigenvalue weighted by Crippen LogP contribution is -2.61. The Morgan fingerprint density at radius 3 is 2.35 bits per heavy atom. The van der Waals surface area contributed by atoms with E-state index in [0.29, 0.717) is 44.5 Å². The number of hydrogen-bond acceptors (Lipinski definition) is 8. The minimum absolute atomic E-state index is 0.133. The van der Waals surface area contributed by atoms with Gasteiger partial charge in [0.2, 0.25) is 35.4 Å². The van der Waals surface area contributed by atoms with Gasteiger partial charge in [-0.1, -0.05) is 37.3 Å². The van der Waals surface area contributed by atoms with Gasteiger partial charge in [-0.3, -0.25) is 28.8 Å². The van der Waals surface area contributed by atoms with E-state index in [1.54, 1.807) is 6.92 Å². The van der Waals surface area contributed by atoms with Crippen molar-refractivity contribution in [2.45, 2.75) is 102 Å². The molecule has 3 rings (SSSR count). The van der Waals surface area contributed by atoms with E-state index < -0.39 is 59.9 Å². The van der Waals surface area contributed by atoms with Gasteiger partial charge in [-0.05, 0) is 57.3 Å². The number of carbonyl (C=O) groups is 6. The summed E-state index contributed by atoms with van der Waals surface area (Å²) in [6.07, 6.45) is 3.47. The van der Waals surface area contributed by atoms with Crippen molar-refractivity contribution in [1.29, 1.82) is 0 Å². The second-order valence-electron chi connectivity index (χ2n) is 11.8. The van der Waals surface area contributed by atoms with Crippen molar-refractivity contribution in [3.8, 4) is 0 Å². The normalized spacial score (nSPS) is 26.3. The Morgan fingerprint density at radius 1 is 0.957 bits per heavy atom. The van der Waals surface area contributed by atoms with E-state index in [4.69, 9.17) is 0 Å². The van der Waals surface area contributed by atoms with E-state index in [-0.39, 0.29) is 37.5 Å². The maximum Gasteiger partial charge on any atom is 0.246 e. The van der Waals surface area contributed by atoms with Gasteiger partial charge in [0.25, 0.3) is 0 Å². The third-order valence-electron chi connectivity index (χ3n) is 8.24. The molecular weight excluding hydrogens is 612 g/mol. The molecule has 1 aromatic rings. The molecular formula is C32H48N6O7S. The highest BCUT2D eigenvalue weighted by Gasteiger charge is 2.39. The van der Waals surface area contributed by atoms with Gasteiger partial charge in [-0.2, -0.15) is 11.8 Å². The first-order chi connectivity index (χ1) is 22.0. The van der Waals surface area contributed by atoms with Crippen molar-refractivity contribution < 1.29 is 33.9 Å². The van der Waals surface area contributed by atoms with Crippen LogP contribution < -0.4 is 26.6 Å². The highest BCUT2D eigenvalue weighted by Crippen LogP contribution is 2.20.